The fraction of sp³-hybridized carbons (Fsp3) is 0.370. The molecule has 0 spiro atoms. The number of hydrogen-bond acceptors (Lipinski definition) is 6. The number of carbonyl (C=O) groups is 1. The molecule has 1 atom stereocenters. The van der Waals surface area contributed by atoms with Gasteiger partial charge in [0.25, 0.3) is 0 Å². The number of benzene rings is 1. The van der Waals surface area contributed by atoms with E-state index in [1.165, 1.54) is 11.1 Å². The highest BCUT2D eigenvalue weighted by atomic mass is 16.5. The molecule has 3 aromatic rings. The zero-order valence-electron chi connectivity index (χ0n) is 19.6. The lowest BCUT2D eigenvalue weighted by Crippen LogP contribution is -2.37. The van der Waals surface area contributed by atoms with Gasteiger partial charge in [0.1, 0.15) is 11.4 Å². The third-order valence-electron chi connectivity index (χ3n) is 6.07. The van der Waals surface area contributed by atoms with E-state index in [-0.39, 0.29) is 12.1 Å². The molecule has 0 radical (unpaired) electrons. The molecular weight excluding hydrogens is 412 g/mol. The lowest BCUT2D eigenvalue weighted by molar-refractivity contribution is 0.0378. The normalized spacial score (nSPS) is 15.9. The molecule has 1 unspecified atom stereocenters. The minimum Gasteiger partial charge on any atom is -0.459 e. The van der Waals surface area contributed by atoms with Crippen LogP contribution in [0.3, 0.4) is 0 Å². The number of aromatic nitrogens is 2. The van der Waals surface area contributed by atoms with Crippen LogP contribution in [0.15, 0.2) is 67.1 Å². The molecular formula is C27H32N4O2. The second-order valence-electron chi connectivity index (χ2n) is 8.72. The average Bonchev–Trinajstić information content (AvgIpc) is 3.33. The van der Waals surface area contributed by atoms with Crippen LogP contribution < -0.4 is 4.90 Å². The van der Waals surface area contributed by atoms with Crippen molar-refractivity contribution >= 4 is 11.8 Å². The first kappa shape index (κ1) is 22.9. The summed E-state index contributed by atoms with van der Waals surface area (Å²) in [5.74, 6) is 0.417. The van der Waals surface area contributed by atoms with Crippen molar-refractivity contribution in [2.45, 2.75) is 45.9 Å². The highest BCUT2D eigenvalue weighted by Gasteiger charge is 2.30. The van der Waals surface area contributed by atoms with Gasteiger partial charge < -0.3 is 9.64 Å². The van der Waals surface area contributed by atoms with Gasteiger partial charge in [-0.1, -0.05) is 37.3 Å². The van der Waals surface area contributed by atoms with Gasteiger partial charge in [-0.3, -0.25) is 9.88 Å². The molecule has 0 saturated carbocycles. The molecule has 1 saturated heterocycles. The minimum absolute atomic E-state index is 0.156. The maximum absolute atomic E-state index is 12.6. The monoisotopic (exact) mass is 444 g/mol. The minimum atomic E-state index is -0.308. The van der Waals surface area contributed by atoms with E-state index < -0.39 is 0 Å². The number of ether oxygens (including phenoxy) is 1. The summed E-state index contributed by atoms with van der Waals surface area (Å²) in [7, 11) is 0. The van der Waals surface area contributed by atoms with Crippen LogP contribution in [0.4, 0.5) is 5.82 Å². The molecule has 0 amide bonds. The van der Waals surface area contributed by atoms with Gasteiger partial charge in [0.05, 0.1) is 6.10 Å². The van der Waals surface area contributed by atoms with Crippen LogP contribution in [0.2, 0.25) is 0 Å². The van der Waals surface area contributed by atoms with E-state index in [0.29, 0.717) is 11.6 Å². The fourth-order valence-corrected chi connectivity index (χ4v) is 4.39. The lowest BCUT2D eigenvalue weighted by Gasteiger charge is -2.28. The average molecular weight is 445 g/mol. The first-order valence-electron chi connectivity index (χ1n) is 11.7. The molecule has 1 aromatic carbocycles. The van der Waals surface area contributed by atoms with Crippen LogP contribution in [0, 0.1) is 0 Å². The van der Waals surface area contributed by atoms with Crippen molar-refractivity contribution in [1.29, 1.82) is 0 Å². The Hall–Kier alpha value is -3.25. The Balaban J connectivity index is 1.43. The Kier molecular flexibility index (Phi) is 7.35. The van der Waals surface area contributed by atoms with Crippen LogP contribution in [-0.4, -0.2) is 52.6 Å². The van der Waals surface area contributed by atoms with Gasteiger partial charge in [0, 0.05) is 44.3 Å². The number of carbonyl (C=O) groups excluding carboxylic acids is 1. The Morgan fingerprint density at radius 1 is 1.12 bits per heavy atom. The summed E-state index contributed by atoms with van der Waals surface area (Å²) in [6.07, 6.45) is 6.32. The molecule has 3 heterocycles. The summed E-state index contributed by atoms with van der Waals surface area (Å²) in [5, 5.41) is 0. The maximum atomic E-state index is 12.6. The van der Waals surface area contributed by atoms with Crippen LogP contribution in [0.25, 0.3) is 11.1 Å². The SMILES string of the molecule is CCN(Cc1ccc(-c2cccnc2)cc1)C1CCN(c2ncccc2C(=O)OC(C)C)C1. The van der Waals surface area contributed by atoms with E-state index >= 15 is 0 Å². The van der Waals surface area contributed by atoms with Crippen molar-refractivity contribution in [3.63, 3.8) is 0 Å². The molecule has 0 aliphatic carbocycles. The van der Waals surface area contributed by atoms with Crippen LogP contribution in [0.1, 0.15) is 43.1 Å². The second kappa shape index (κ2) is 10.6. The van der Waals surface area contributed by atoms with Gasteiger partial charge in [0.2, 0.25) is 0 Å². The number of esters is 1. The van der Waals surface area contributed by atoms with Crippen LogP contribution in [0.5, 0.6) is 0 Å². The lowest BCUT2D eigenvalue weighted by atomic mass is 10.0. The standard InChI is InChI=1S/C27H32N4O2/c1-4-30(18-21-9-11-22(12-10-21)23-7-5-14-28-17-23)24-13-16-31(19-24)26-25(8-6-15-29-26)27(32)33-20(2)3/h5-12,14-15,17,20,24H,4,13,16,18-19H2,1-3H3. The molecule has 6 heteroatoms. The van der Waals surface area contributed by atoms with E-state index in [1.54, 1.807) is 18.5 Å². The van der Waals surface area contributed by atoms with Crippen molar-refractivity contribution in [2.75, 3.05) is 24.5 Å². The number of anilines is 1. The van der Waals surface area contributed by atoms with E-state index in [2.05, 4.69) is 57.0 Å². The summed E-state index contributed by atoms with van der Waals surface area (Å²) in [4.78, 5) is 26.0. The maximum Gasteiger partial charge on any atom is 0.342 e. The number of hydrogen-bond donors (Lipinski definition) is 0. The Labute approximate surface area is 196 Å². The zero-order chi connectivity index (χ0) is 23.2. The molecule has 6 nitrogen and oxygen atoms in total. The van der Waals surface area contributed by atoms with Gasteiger partial charge in [-0.05, 0) is 61.7 Å². The third kappa shape index (κ3) is 5.57. The van der Waals surface area contributed by atoms with Gasteiger partial charge in [-0.25, -0.2) is 9.78 Å². The van der Waals surface area contributed by atoms with Gasteiger partial charge >= 0.3 is 5.97 Å². The van der Waals surface area contributed by atoms with Crippen molar-refractivity contribution in [1.82, 2.24) is 14.9 Å². The molecule has 1 aliphatic heterocycles. The van der Waals surface area contributed by atoms with Crippen LogP contribution >= 0.6 is 0 Å². The Morgan fingerprint density at radius 2 is 1.91 bits per heavy atom. The number of likely N-dealkylation sites (N-methyl/N-ethyl adjacent to an activating group) is 1. The van der Waals surface area contributed by atoms with E-state index in [0.717, 1.165) is 44.0 Å². The molecule has 2 aromatic heterocycles. The van der Waals surface area contributed by atoms with E-state index in [9.17, 15) is 4.79 Å². The summed E-state index contributed by atoms with van der Waals surface area (Å²) in [5.41, 5.74) is 4.14. The molecule has 1 fully saturated rings. The quantitative estimate of drug-likeness (QED) is 0.465. The fourth-order valence-electron chi connectivity index (χ4n) is 4.39. The summed E-state index contributed by atoms with van der Waals surface area (Å²) >= 11 is 0. The summed E-state index contributed by atoms with van der Waals surface area (Å²) in [6, 6.07) is 16.8. The van der Waals surface area contributed by atoms with Gasteiger partial charge in [-0.15, -0.1) is 0 Å². The molecule has 1 aliphatic rings. The Morgan fingerprint density at radius 3 is 2.61 bits per heavy atom. The highest BCUT2D eigenvalue weighted by Crippen LogP contribution is 2.26. The van der Waals surface area contributed by atoms with E-state index in [4.69, 9.17) is 4.74 Å². The Bertz CT molecular complexity index is 1050. The van der Waals surface area contributed by atoms with Crippen LogP contribution in [-0.2, 0) is 11.3 Å². The highest BCUT2D eigenvalue weighted by molar-refractivity contribution is 5.95. The van der Waals surface area contributed by atoms with Crippen molar-refractivity contribution in [2.24, 2.45) is 0 Å². The molecule has 172 valence electrons. The van der Waals surface area contributed by atoms with E-state index in [1.807, 2.05) is 32.2 Å². The predicted octanol–water partition coefficient (Wildman–Crippen LogP) is 4.81. The largest absolute Gasteiger partial charge is 0.459 e. The summed E-state index contributed by atoms with van der Waals surface area (Å²) < 4.78 is 5.43. The van der Waals surface area contributed by atoms with Crippen molar-refractivity contribution < 1.29 is 9.53 Å². The molecule has 4 rings (SSSR count). The smallest absolute Gasteiger partial charge is 0.342 e. The first-order chi connectivity index (χ1) is 16.0. The number of rotatable bonds is 8. The van der Waals surface area contributed by atoms with Gasteiger partial charge in [-0.2, -0.15) is 0 Å². The number of pyridine rings is 2. The second-order valence-corrected chi connectivity index (χ2v) is 8.72. The molecule has 0 N–H and O–H groups in total. The van der Waals surface area contributed by atoms with Gasteiger partial charge in [0.15, 0.2) is 0 Å². The van der Waals surface area contributed by atoms with Crippen molar-refractivity contribution in [3.05, 3.63) is 78.2 Å². The third-order valence-corrected chi connectivity index (χ3v) is 6.07. The summed E-state index contributed by atoms with van der Waals surface area (Å²) in [6.45, 7) is 9.52. The molecule has 0 bridgehead atoms. The zero-order valence-corrected chi connectivity index (χ0v) is 19.6. The predicted molar refractivity (Wildman–Crippen MR) is 131 cm³/mol. The van der Waals surface area contributed by atoms with Crippen molar-refractivity contribution in [3.8, 4) is 11.1 Å². The first-order valence-corrected chi connectivity index (χ1v) is 11.7. The topological polar surface area (TPSA) is 58.6 Å². The number of nitrogens with zero attached hydrogens (tertiary/aromatic N) is 4. The molecule has 33 heavy (non-hydrogen) atoms.